The van der Waals surface area contributed by atoms with Crippen LogP contribution in [0, 0.1) is 11.7 Å². The van der Waals surface area contributed by atoms with E-state index < -0.39 is 41.5 Å². The highest BCUT2D eigenvalue weighted by Gasteiger charge is 2.47. The average Bonchev–Trinajstić information content (AvgIpc) is 3.41. The number of rotatable bonds is 6. The van der Waals surface area contributed by atoms with Gasteiger partial charge in [0, 0.05) is 12.0 Å². The maximum Gasteiger partial charge on any atom is 0.416 e. The van der Waals surface area contributed by atoms with E-state index >= 15 is 0 Å². The van der Waals surface area contributed by atoms with Gasteiger partial charge in [-0.15, -0.1) is 0 Å². The van der Waals surface area contributed by atoms with Crippen molar-refractivity contribution >= 4 is 5.91 Å². The molecule has 1 saturated heterocycles. The van der Waals surface area contributed by atoms with Gasteiger partial charge in [0.1, 0.15) is 5.82 Å². The average molecular weight is 547 g/mol. The Labute approximate surface area is 216 Å². The predicted octanol–water partition coefficient (Wildman–Crippen LogP) is 6.32. The molecule has 1 N–H and O–H groups in total. The summed E-state index contributed by atoms with van der Waals surface area (Å²) < 4.78 is 100. The summed E-state index contributed by atoms with van der Waals surface area (Å²) in [7, 11) is 3.60. The van der Waals surface area contributed by atoms with Crippen LogP contribution in [0.4, 0.5) is 30.7 Å². The van der Waals surface area contributed by atoms with E-state index in [4.69, 9.17) is 4.74 Å². The lowest BCUT2D eigenvalue weighted by molar-refractivity contribution is -0.143. The molecule has 4 nitrogen and oxygen atoms in total. The van der Waals surface area contributed by atoms with Crippen molar-refractivity contribution in [3.63, 3.8) is 0 Å². The highest BCUT2D eigenvalue weighted by atomic mass is 19.4. The molecule has 1 saturated carbocycles. The molecular weight excluding hydrogens is 517 g/mol. The van der Waals surface area contributed by atoms with Crippen LogP contribution >= 0.6 is 0 Å². The molecule has 4 rings (SSSR count). The van der Waals surface area contributed by atoms with E-state index in [0.29, 0.717) is 31.4 Å². The van der Waals surface area contributed by atoms with Gasteiger partial charge < -0.3 is 10.1 Å². The fourth-order valence-electron chi connectivity index (χ4n) is 5.71. The van der Waals surface area contributed by atoms with Crippen molar-refractivity contribution in [2.24, 2.45) is 5.92 Å². The molecule has 2 fully saturated rings. The zero-order chi connectivity index (χ0) is 28.0. The largest absolute Gasteiger partial charge is 0.416 e. The molecule has 0 aromatic heterocycles. The zero-order valence-electron chi connectivity index (χ0n) is 21.0. The smallest absolute Gasteiger partial charge is 0.370 e. The van der Waals surface area contributed by atoms with Gasteiger partial charge in [-0.3, -0.25) is 9.69 Å². The Morgan fingerprint density at radius 2 is 1.53 bits per heavy atom. The summed E-state index contributed by atoms with van der Waals surface area (Å²) in [5, 5.41) is 3.03. The normalized spacial score (nSPS) is 27.1. The number of halogens is 7. The Hall–Kier alpha value is -2.66. The first-order valence-corrected chi connectivity index (χ1v) is 12.3. The lowest BCUT2D eigenvalue weighted by atomic mass is 9.82. The van der Waals surface area contributed by atoms with Crippen molar-refractivity contribution in [3.05, 3.63) is 70.5 Å². The number of nitrogens with one attached hydrogen (secondary N) is 1. The second-order valence-corrected chi connectivity index (χ2v) is 10.3. The molecule has 2 aromatic carbocycles. The molecule has 208 valence electrons. The number of alkyl halides is 6. The van der Waals surface area contributed by atoms with Crippen LogP contribution in [-0.4, -0.2) is 43.1 Å². The molecule has 1 amide bonds. The van der Waals surface area contributed by atoms with Gasteiger partial charge >= 0.3 is 12.4 Å². The van der Waals surface area contributed by atoms with Crippen molar-refractivity contribution in [3.8, 4) is 0 Å². The van der Waals surface area contributed by atoms with Gasteiger partial charge in [0.05, 0.1) is 29.4 Å². The molecule has 2 aromatic rings. The number of benzene rings is 2. The third-order valence-electron chi connectivity index (χ3n) is 7.61. The predicted molar refractivity (Wildman–Crippen MR) is 126 cm³/mol. The minimum Gasteiger partial charge on any atom is -0.370 e. The third-order valence-corrected chi connectivity index (χ3v) is 7.61. The van der Waals surface area contributed by atoms with Crippen LogP contribution in [-0.2, 0) is 21.9 Å². The molecule has 6 atom stereocenters. The second-order valence-electron chi connectivity index (χ2n) is 10.3. The summed E-state index contributed by atoms with van der Waals surface area (Å²) in [6.45, 7) is 1.42. The van der Waals surface area contributed by atoms with Crippen LogP contribution in [0.3, 0.4) is 0 Å². The summed E-state index contributed by atoms with van der Waals surface area (Å²) in [5.74, 6) is -1.02. The number of hydrogen-bond donors (Lipinski definition) is 1. The summed E-state index contributed by atoms with van der Waals surface area (Å²) in [4.78, 5) is 14.3. The number of hydrogen-bond acceptors (Lipinski definition) is 3. The summed E-state index contributed by atoms with van der Waals surface area (Å²) in [6, 6.07) is 6.71. The molecule has 2 aliphatic rings. The van der Waals surface area contributed by atoms with Gasteiger partial charge in [0.2, 0.25) is 5.91 Å². The zero-order valence-corrected chi connectivity index (χ0v) is 21.0. The number of amides is 1. The Morgan fingerprint density at radius 1 is 0.947 bits per heavy atom. The Morgan fingerprint density at radius 3 is 2.03 bits per heavy atom. The van der Waals surface area contributed by atoms with Gasteiger partial charge in [-0.05, 0) is 87.7 Å². The topological polar surface area (TPSA) is 41.6 Å². The lowest BCUT2D eigenvalue weighted by Crippen LogP contribution is -2.37. The molecule has 0 spiro atoms. The number of nitrogens with zero attached hydrogens (tertiary/aromatic N) is 1. The van der Waals surface area contributed by atoms with Crippen molar-refractivity contribution in [2.75, 3.05) is 14.1 Å². The molecule has 1 aliphatic heterocycles. The quantitative estimate of drug-likeness (QED) is 0.431. The van der Waals surface area contributed by atoms with Gasteiger partial charge in [0.25, 0.3) is 0 Å². The van der Waals surface area contributed by atoms with E-state index in [1.807, 2.05) is 4.90 Å². The van der Waals surface area contributed by atoms with E-state index in [0.717, 1.165) is 5.56 Å². The summed E-state index contributed by atoms with van der Waals surface area (Å²) in [5.41, 5.74) is -2.31. The van der Waals surface area contributed by atoms with Crippen LogP contribution in [0.5, 0.6) is 0 Å². The van der Waals surface area contributed by atoms with Gasteiger partial charge in [0.15, 0.2) is 0 Å². The first-order chi connectivity index (χ1) is 17.6. The van der Waals surface area contributed by atoms with Crippen LogP contribution in [0.1, 0.15) is 60.5 Å². The molecule has 0 bridgehead atoms. The number of likely N-dealkylation sites (N-methyl/N-ethyl adjacent to an activating group) is 1. The van der Waals surface area contributed by atoms with Gasteiger partial charge in [-0.1, -0.05) is 12.1 Å². The molecular formula is C27H29F7N2O2. The van der Waals surface area contributed by atoms with Crippen molar-refractivity contribution in [1.29, 1.82) is 0 Å². The first kappa shape index (κ1) is 28.4. The van der Waals surface area contributed by atoms with Crippen LogP contribution < -0.4 is 5.32 Å². The molecule has 1 aliphatic carbocycles. The molecule has 38 heavy (non-hydrogen) atoms. The van der Waals surface area contributed by atoms with Crippen LogP contribution in [0.25, 0.3) is 0 Å². The van der Waals surface area contributed by atoms with E-state index in [1.165, 1.54) is 19.1 Å². The van der Waals surface area contributed by atoms with Crippen LogP contribution in [0.15, 0.2) is 42.5 Å². The summed E-state index contributed by atoms with van der Waals surface area (Å²) >= 11 is 0. The van der Waals surface area contributed by atoms with Gasteiger partial charge in [-0.25, -0.2) is 4.39 Å². The van der Waals surface area contributed by atoms with E-state index in [-0.39, 0.29) is 41.5 Å². The molecule has 1 unspecified atom stereocenters. The van der Waals surface area contributed by atoms with Crippen molar-refractivity contribution < 1.29 is 40.3 Å². The summed E-state index contributed by atoms with van der Waals surface area (Å²) in [6.07, 6.45) is -9.96. The Balaban J connectivity index is 1.64. The standard InChI is InChI=1S/C27H29F7N2O2/c1-14(16-10-17(26(29,30)31)12-18(11-16)27(32,33)34)38-23-9-8-20(21-13-22(36(2)3)25(37)35-21)24(23)15-4-6-19(28)7-5-15/h4-7,10-12,14,20-24H,8-9,13H2,1-3H3,(H,35,37)/t14-,20+,21?,22+,23+,24+/m1/s1. The number of carbonyl (C=O) groups is 1. The monoisotopic (exact) mass is 546 g/mol. The SMILES string of the molecule is C[C@@H](O[C@H]1CC[C@@H](C2C[C@H](N(C)C)C(=O)N2)[C@@H]1c1ccc(F)cc1)c1cc(C(F)(F)F)cc(C(F)(F)F)c1. The number of carbonyl (C=O) groups excluding carboxylic acids is 1. The fraction of sp³-hybridized carbons (Fsp3) is 0.519. The van der Waals surface area contributed by atoms with Crippen LogP contribution in [0.2, 0.25) is 0 Å². The minimum absolute atomic E-state index is 0.0904. The van der Waals surface area contributed by atoms with E-state index in [1.54, 1.807) is 26.2 Å². The maximum absolute atomic E-state index is 13.7. The Bertz CT molecular complexity index is 1120. The third kappa shape index (κ3) is 5.98. The van der Waals surface area contributed by atoms with Crippen molar-refractivity contribution in [2.45, 2.75) is 68.7 Å². The van der Waals surface area contributed by atoms with E-state index in [9.17, 15) is 35.5 Å². The van der Waals surface area contributed by atoms with Crippen molar-refractivity contribution in [1.82, 2.24) is 10.2 Å². The Kier molecular flexibility index (Phi) is 7.82. The highest BCUT2D eigenvalue weighted by Crippen LogP contribution is 2.47. The van der Waals surface area contributed by atoms with E-state index in [2.05, 4.69) is 5.32 Å². The fourth-order valence-corrected chi connectivity index (χ4v) is 5.71. The first-order valence-electron chi connectivity index (χ1n) is 12.3. The molecule has 11 heteroatoms. The highest BCUT2D eigenvalue weighted by molar-refractivity contribution is 5.84. The molecule has 0 radical (unpaired) electrons. The second kappa shape index (κ2) is 10.5. The number of ether oxygens (including phenoxy) is 1. The molecule has 1 heterocycles. The minimum atomic E-state index is -4.96. The maximum atomic E-state index is 13.7. The van der Waals surface area contributed by atoms with Gasteiger partial charge in [-0.2, -0.15) is 26.3 Å². The lowest BCUT2D eigenvalue weighted by Gasteiger charge is -2.31.